The van der Waals surface area contributed by atoms with Gasteiger partial charge < -0.3 is 9.80 Å². The van der Waals surface area contributed by atoms with E-state index in [1.807, 2.05) is 0 Å². The number of anilines is 6. The molecule has 0 N–H and O–H groups in total. The second kappa shape index (κ2) is 16.9. The van der Waals surface area contributed by atoms with Crippen LogP contribution in [-0.4, -0.2) is 0 Å². The van der Waals surface area contributed by atoms with E-state index >= 15 is 0 Å². The van der Waals surface area contributed by atoms with Crippen molar-refractivity contribution in [2.75, 3.05) is 9.80 Å². The molecule has 12 aromatic carbocycles. The third-order valence-electron chi connectivity index (χ3n) is 18.0. The predicted octanol–water partition coefficient (Wildman–Crippen LogP) is 19.0. The fraction of sp³-hybridized carbons (Fsp3) is 0.0526. The second-order valence-electron chi connectivity index (χ2n) is 21.6. The monoisotopic (exact) mass is 992 g/mol. The fourth-order valence-electron chi connectivity index (χ4n) is 14.9. The molecule has 16 rings (SSSR count). The first-order chi connectivity index (χ1) is 38.6. The molecule has 12 aromatic rings. The predicted molar refractivity (Wildman–Crippen MR) is 321 cm³/mol. The highest BCUT2D eigenvalue weighted by atomic mass is 15.2. The summed E-state index contributed by atoms with van der Waals surface area (Å²) in [5, 5.41) is 0. The molecule has 0 amide bonds. The highest BCUT2D eigenvalue weighted by Gasteiger charge is 2.53. The van der Waals surface area contributed by atoms with Gasteiger partial charge in [-0.15, -0.1) is 0 Å². The zero-order valence-electron chi connectivity index (χ0n) is 43.2. The summed E-state index contributed by atoms with van der Waals surface area (Å²) in [6.45, 7) is 2.43. The van der Waals surface area contributed by atoms with Crippen molar-refractivity contribution in [2.45, 2.75) is 23.2 Å². The zero-order chi connectivity index (χ0) is 51.6. The van der Waals surface area contributed by atoms with Crippen molar-refractivity contribution in [1.29, 1.82) is 0 Å². The molecule has 0 saturated carbocycles. The van der Waals surface area contributed by atoms with Gasteiger partial charge in [0, 0.05) is 28.0 Å². The summed E-state index contributed by atoms with van der Waals surface area (Å²) in [4.78, 5) is 5.07. The lowest BCUT2D eigenvalue weighted by molar-refractivity contribution is 0.714. The molecule has 2 heteroatoms. The molecule has 1 spiro atoms. The minimum Gasteiger partial charge on any atom is -0.310 e. The van der Waals surface area contributed by atoms with Crippen LogP contribution in [-0.2, 0) is 16.2 Å². The summed E-state index contributed by atoms with van der Waals surface area (Å²) in [5.74, 6) is 0. The van der Waals surface area contributed by atoms with E-state index in [0.717, 1.165) is 22.7 Å². The van der Waals surface area contributed by atoms with Gasteiger partial charge in [0.15, 0.2) is 0 Å². The van der Waals surface area contributed by atoms with E-state index in [-0.39, 0.29) is 0 Å². The van der Waals surface area contributed by atoms with Crippen LogP contribution in [0.4, 0.5) is 34.1 Å². The first-order valence-corrected chi connectivity index (χ1v) is 27.3. The van der Waals surface area contributed by atoms with Crippen LogP contribution in [0.5, 0.6) is 0 Å². The Balaban J connectivity index is 1.00. The number of benzene rings is 12. The molecule has 0 aromatic heterocycles. The van der Waals surface area contributed by atoms with E-state index in [9.17, 15) is 0 Å². The molecule has 3 aliphatic carbocycles. The van der Waals surface area contributed by atoms with Gasteiger partial charge in [-0.05, 0) is 151 Å². The normalized spacial score (nSPS) is 16.0. The molecule has 0 bridgehead atoms. The zero-order valence-corrected chi connectivity index (χ0v) is 43.2. The van der Waals surface area contributed by atoms with Gasteiger partial charge in [0.2, 0.25) is 0 Å². The number of rotatable bonds is 7. The SMILES string of the molecule is CC1(c2ccccc2)c2ccccc2-c2ccc(N(c3ccc4c(c3)C(c3ccccc3)(c3ccccc3)c3ccccc3-4)c3cccc4c3-c3ccccc3C43c4ccccc4N(c4ccccc4)c4ccccc43)cc21. The van der Waals surface area contributed by atoms with Gasteiger partial charge in [-0.1, -0.05) is 243 Å². The molecule has 1 unspecified atom stereocenters. The summed E-state index contributed by atoms with van der Waals surface area (Å²) in [6, 6.07) is 112. The molecule has 1 atom stereocenters. The number of nitrogens with zero attached hydrogens (tertiary/aromatic N) is 2. The van der Waals surface area contributed by atoms with Crippen LogP contribution in [0, 0.1) is 0 Å². The first-order valence-electron chi connectivity index (χ1n) is 27.3. The molecular formula is C76H52N2. The maximum Gasteiger partial charge on any atom is 0.0755 e. The van der Waals surface area contributed by atoms with E-state index in [2.05, 4.69) is 314 Å². The lowest BCUT2D eigenvalue weighted by Gasteiger charge is -2.45. The van der Waals surface area contributed by atoms with Gasteiger partial charge in [-0.25, -0.2) is 0 Å². The van der Waals surface area contributed by atoms with Crippen LogP contribution in [0.25, 0.3) is 33.4 Å². The van der Waals surface area contributed by atoms with Crippen LogP contribution < -0.4 is 9.80 Å². The highest BCUT2D eigenvalue weighted by Crippen LogP contribution is 2.66. The second-order valence-corrected chi connectivity index (χ2v) is 21.6. The van der Waals surface area contributed by atoms with Gasteiger partial charge in [0.05, 0.1) is 27.9 Å². The van der Waals surface area contributed by atoms with Crippen LogP contribution >= 0.6 is 0 Å². The summed E-state index contributed by atoms with van der Waals surface area (Å²) in [7, 11) is 0. The number of fused-ring (bicyclic) bond motifs is 15. The van der Waals surface area contributed by atoms with Crippen molar-refractivity contribution >= 4 is 34.1 Å². The van der Waals surface area contributed by atoms with E-state index in [1.165, 1.54) is 106 Å². The highest BCUT2D eigenvalue weighted by molar-refractivity contribution is 6.02. The largest absolute Gasteiger partial charge is 0.310 e. The maximum atomic E-state index is 2.60. The molecule has 0 fully saturated rings. The topological polar surface area (TPSA) is 6.48 Å². The molecule has 78 heavy (non-hydrogen) atoms. The Bertz CT molecular complexity index is 4260. The summed E-state index contributed by atoms with van der Waals surface area (Å²) >= 11 is 0. The summed E-state index contributed by atoms with van der Waals surface area (Å²) < 4.78 is 0. The Hall–Kier alpha value is -9.76. The van der Waals surface area contributed by atoms with Crippen molar-refractivity contribution in [3.05, 3.63) is 358 Å². The van der Waals surface area contributed by atoms with Crippen molar-refractivity contribution in [1.82, 2.24) is 0 Å². The quantitative estimate of drug-likeness (QED) is 0.157. The van der Waals surface area contributed by atoms with E-state index < -0.39 is 16.2 Å². The van der Waals surface area contributed by atoms with E-state index in [0.29, 0.717) is 0 Å². The van der Waals surface area contributed by atoms with Crippen molar-refractivity contribution in [3.8, 4) is 33.4 Å². The van der Waals surface area contributed by atoms with Crippen LogP contribution in [0.3, 0.4) is 0 Å². The molecule has 1 aliphatic heterocycles. The Morgan fingerprint density at radius 3 is 1.28 bits per heavy atom. The fourth-order valence-corrected chi connectivity index (χ4v) is 14.9. The Morgan fingerprint density at radius 2 is 0.692 bits per heavy atom. The standard InChI is InChI=1S/C76H52N2/c1-74(51-25-6-2-7-26-51)62-36-17-14-33-57(62)59-47-45-55(49-68(59)74)77(56-46-48-60-58-34-15-18-37-63(58)75(69(60)50-56,52-27-8-3-9-28-52)53-29-10-4-11-30-53)72-44-24-41-67-73(72)61-35-16-19-38-64(61)76(67)65-39-20-22-42-70(65)78(54-31-12-5-13-32-54)71-43-23-21-40-66(71)76/h2-50H,1H3. The molecule has 2 nitrogen and oxygen atoms in total. The molecule has 366 valence electrons. The Labute approximate surface area is 456 Å². The van der Waals surface area contributed by atoms with Crippen molar-refractivity contribution < 1.29 is 0 Å². The summed E-state index contributed by atoms with van der Waals surface area (Å²) in [6.07, 6.45) is 0. The average molecular weight is 993 g/mol. The van der Waals surface area contributed by atoms with E-state index in [4.69, 9.17) is 0 Å². The Morgan fingerprint density at radius 1 is 0.282 bits per heavy atom. The van der Waals surface area contributed by atoms with Crippen LogP contribution in [0.15, 0.2) is 297 Å². The maximum absolute atomic E-state index is 2.60. The minimum atomic E-state index is -0.632. The lowest BCUT2D eigenvalue weighted by Crippen LogP contribution is -2.36. The van der Waals surface area contributed by atoms with Gasteiger partial charge in [0.1, 0.15) is 0 Å². The first kappa shape index (κ1) is 44.5. The average Bonchev–Trinajstić information content (AvgIpc) is 4.26. The summed E-state index contributed by atoms with van der Waals surface area (Å²) in [5.41, 5.74) is 26.9. The van der Waals surface area contributed by atoms with Gasteiger partial charge in [-0.3, -0.25) is 0 Å². The number of hydrogen-bond donors (Lipinski definition) is 0. The van der Waals surface area contributed by atoms with Crippen LogP contribution in [0.2, 0.25) is 0 Å². The number of para-hydroxylation sites is 3. The third-order valence-corrected chi connectivity index (χ3v) is 18.0. The molecule has 0 saturated heterocycles. The molecule has 4 aliphatic rings. The number of hydrogen-bond acceptors (Lipinski definition) is 2. The molecule has 0 radical (unpaired) electrons. The smallest absolute Gasteiger partial charge is 0.0755 e. The van der Waals surface area contributed by atoms with Crippen LogP contribution in [0.1, 0.15) is 68.1 Å². The van der Waals surface area contributed by atoms with Gasteiger partial charge in [-0.2, -0.15) is 0 Å². The van der Waals surface area contributed by atoms with Gasteiger partial charge in [0.25, 0.3) is 0 Å². The van der Waals surface area contributed by atoms with Crippen molar-refractivity contribution in [3.63, 3.8) is 0 Å². The third kappa shape index (κ3) is 5.87. The van der Waals surface area contributed by atoms with Crippen molar-refractivity contribution in [2.24, 2.45) is 0 Å². The van der Waals surface area contributed by atoms with Gasteiger partial charge >= 0.3 is 0 Å². The van der Waals surface area contributed by atoms with E-state index in [1.54, 1.807) is 0 Å². The lowest BCUT2D eigenvalue weighted by atomic mass is 9.64. The Kier molecular flexibility index (Phi) is 9.63. The minimum absolute atomic E-state index is 0.403. The molecule has 1 heterocycles. The molecular weight excluding hydrogens is 941 g/mol.